The Bertz CT molecular complexity index is 423. The number of nitrogens with zero attached hydrogens (tertiary/aromatic N) is 1. The third-order valence-electron chi connectivity index (χ3n) is 2.83. The maximum atomic E-state index is 10.5. The van der Waals surface area contributed by atoms with Gasteiger partial charge in [-0.15, -0.1) is 11.8 Å². The maximum Gasteiger partial charge on any atom is 0.303 e. The van der Waals surface area contributed by atoms with Gasteiger partial charge in [-0.25, -0.2) is 0 Å². The molecule has 0 radical (unpaired) electrons. The quantitative estimate of drug-likeness (QED) is 0.743. The molecule has 106 valence electrons. The van der Waals surface area contributed by atoms with Gasteiger partial charge in [0.2, 0.25) is 0 Å². The highest BCUT2D eigenvalue weighted by Gasteiger charge is 2.06. The van der Waals surface area contributed by atoms with Gasteiger partial charge in [-0.3, -0.25) is 4.79 Å². The lowest BCUT2D eigenvalue weighted by Gasteiger charge is -2.17. The second kappa shape index (κ2) is 8.07. The summed E-state index contributed by atoms with van der Waals surface area (Å²) in [6.45, 7) is 1.57. The van der Waals surface area contributed by atoms with Gasteiger partial charge in [0.15, 0.2) is 0 Å². The minimum atomic E-state index is -0.737. The van der Waals surface area contributed by atoms with Crippen molar-refractivity contribution in [2.45, 2.75) is 24.3 Å². The van der Waals surface area contributed by atoms with Crippen LogP contribution in [0.4, 0.5) is 0 Å². The molecule has 1 N–H and O–H groups in total. The molecule has 0 unspecified atom stereocenters. The van der Waals surface area contributed by atoms with Crippen molar-refractivity contribution in [1.29, 1.82) is 0 Å². The number of ether oxygens (including phenoxy) is 1. The summed E-state index contributed by atoms with van der Waals surface area (Å²) in [6.07, 6.45) is 2.92. The van der Waals surface area contributed by atoms with Gasteiger partial charge in [-0.1, -0.05) is 6.07 Å². The molecule has 19 heavy (non-hydrogen) atoms. The monoisotopic (exact) mass is 283 g/mol. The van der Waals surface area contributed by atoms with Gasteiger partial charge in [-0.2, -0.15) is 0 Å². The zero-order valence-corrected chi connectivity index (χ0v) is 12.5. The maximum absolute atomic E-state index is 10.5. The van der Waals surface area contributed by atoms with Gasteiger partial charge in [0.1, 0.15) is 5.75 Å². The highest BCUT2D eigenvalue weighted by molar-refractivity contribution is 7.98. The summed E-state index contributed by atoms with van der Waals surface area (Å²) < 4.78 is 5.35. The van der Waals surface area contributed by atoms with Crippen LogP contribution in [-0.2, 0) is 11.3 Å². The molecule has 0 spiro atoms. The first-order valence-corrected chi connectivity index (χ1v) is 7.40. The number of carboxylic acid groups (broad SMARTS) is 1. The number of carboxylic acids is 1. The Hall–Kier alpha value is -1.20. The van der Waals surface area contributed by atoms with Crippen LogP contribution in [0.2, 0.25) is 0 Å². The Morgan fingerprint density at radius 3 is 2.79 bits per heavy atom. The van der Waals surface area contributed by atoms with Crippen LogP contribution in [-0.4, -0.2) is 42.9 Å². The van der Waals surface area contributed by atoms with Crippen LogP contribution in [0.1, 0.15) is 18.4 Å². The van der Waals surface area contributed by atoms with E-state index >= 15 is 0 Å². The van der Waals surface area contributed by atoms with Crippen molar-refractivity contribution in [3.63, 3.8) is 0 Å². The van der Waals surface area contributed by atoms with E-state index in [4.69, 9.17) is 9.84 Å². The molecule has 0 aliphatic rings. The third kappa shape index (κ3) is 5.53. The van der Waals surface area contributed by atoms with E-state index in [2.05, 4.69) is 17.0 Å². The smallest absolute Gasteiger partial charge is 0.303 e. The first kappa shape index (κ1) is 15.9. The normalized spacial score (nSPS) is 10.7. The SMILES string of the molecule is COc1cc(CN(C)CCCC(=O)O)ccc1SC. The lowest BCUT2D eigenvalue weighted by molar-refractivity contribution is -0.137. The molecule has 0 aliphatic carbocycles. The van der Waals surface area contributed by atoms with E-state index in [9.17, 15) is 4.79 Å². The topological polar surface area (TPSA) is 49.8 Å². The third-order valence-corrected chi connectivity index (χ3v) is 3.61. The van der Waals surface area contributed by atoms with Crippen molar-refractivity contribution in [3.8, 4) is 5.75 Å². The number of aliphatic carboxylic acids is 1. The van der Waals surface area contributed by atoms with Crippen molar-refractivity contribution in [1.82, 2.24) is 4.90 Å². The first-order chi connectivity index (χ1) is 9.06. The molecule has 0 saturated carbocycles. The minimum absolute atomic E-state index is 0.221. The summed E-state index contributed by atoms with van der Waals surface area (Å²) in [6, 6.07) is 6.19. The van der Waals surface area contributed by atoms with E-state index < -0.39 is 5.97 Å². The molecule has 0 saturated heterocycles. The predicted octanol–water partition coefficient (Wildman–Crippen LogP) is 2.71. The molecule has 1 aromatic rings. The second-order valence-electron chi connectivity index (χ2n) is 4.42. The first-order valence-electron chi connectivity index (χ1n) is 6.18. The number of benzene rings is 1. The van der Waals surface area contributed by atoms with Gasteiger partial charge in [0.05, 0.1) is 7.11 Å². The molecule has 0 atom stereocenters. The van der Waals surface area contributed by atoms with Gasteiger partial charge < -0.3 is 14.7 Å². The molecule has 0 fully saturated rings. The Kier molecular flexibility index (Phi) is 6.73. The van der Waals surface area contributed by atoms with Gasteiger partial charge in [0, 0.05) is 17.9 Å². The summed E-state index contributed by atoms with van der Waals surface area (Å²) in [7, 11) is 3.67. The molecule has 1 aromatic carbocycles. The predicted molar refractivity (Wildman–Crippen MR) is 78.0 cm³/mol. The standard InChI is InChI=1S/C14H21NO3S/c1-15(8-4-5-14(16)17)10-11-6-7-13(19-3)12(9-11)18-2/h6-7,9H,4-5,8,10H2,1-3H3,(H,16,17). The summed E-state index contributed by atoms with van der Waals surface area (Å²) in [5.41, 5.74) is 1.17. The fraction of sp³-hybridized carbons (Fsp3) is 0.500. The molecular formula is C14H21NO3S. The highest BCUT2D eigenvalue weighted by atomic mass is 32.2. The van der Waals surface area contributed by atoms with E-state index in [1.54, 1.807) is 18.9 Å². The number of hydrogen-bond donors (Lipinski definition) is 1. The van der Waals surface area contributed by atoms with Crippen molar-refractivity contribution in [2.75, 3.05) is 27.0 Å². The van der Waals surface area contributed by atoms with E-state index in [0.717, 1.165) is 23.7 Å². The van der Waals surface area contributed by atoms with Gasteiger partial charge >= 0.3 is 5.97 Å². The number of methoxy groups -OCH3 is 1. The van der Waals surface area contributed by atoms with Gasteiger partial charge in [-0.05, 0) is 44.0 Å². The Morgan fingerprint density at radius 2 is 2.21 bits per heavy atom. The van der Waals surface area contributed by atoms with E-state index in [1.165, 1.54) is 5.56 Å². The lowest BCUT2D eigenvalue weighted by atomic mass is 10.2. The van der Waals surface area contributed by atoms with Crippen molar-refractivity contribution < 1.29 is 14.6 Å². The average molecular weight is 283 g/mol. The molecule has 5 heteroatoms. The number of hydrogen-bond acceptors (Lipinski definition) is 4. The van der Waals surface area contributed by atoms with E-state index in [-0.39, 0.29) is 6.42 Å². The van der Waals surface area contributed by atoms with Crippen LogP contribution in [0.5, 0.6) is 5.75 Å². The molecule has 0 bridgehead atoms. The Labute approximate surface area is 118 Å². The van der Waals surface area contributed by atoms with Crippen LogP contribution < -0.4 is 4.74 Å². The molecule has 1 rings (SSSR count). The largest absolute Gasteiger partial charge is 0.496 e. The van der Waals surface area contributed by atoms with Crippen LogP contribution in [0.15, 0.2) is 23.1 Å². The number of rotatable bonds is 8. The van der Waals surface area contributed by atoms with Crippen molar-refractivity contribution in [2.24, 2.45) is 0 Å². The van der Waals surface area contributed by atoms with Crippen LogP contribution in [0.3, 0.4) is 0 Å². The van der Waals surface area contributed by atoms with Crippen LogP contribution in [0, 0.1) is 0 Å². The van der Waals surface area contributed by atoms with Crippen LogP contribution in [0.25, 0.3) is 0 Å². The average Bonchev–Trinajstić information content (AvgIpc) is 2.38. The Balaban J connectivity index is 2.54. The van der Waals surface area contributed by atoms with Crippen molar-refractivity contribution >= 4 is 17.7 Å². The minimum Gasteiger partial charge on any atom is -0.496 e. The molecular weight excluding hydrogens is 262 g/mol. The molecule has 4 nitrogen and oxygen atoms in total. The fourth-order valence-electron chi connectivity index (χ4n) is 1.87. The lowest BCUT2D eigenvalue weighted by Crippen LogP contribution is -2.19. The van der Waals surface area contributed by atoms with Crippen LogP contribution >= 0.6 is 11.8 Å². The van der Waals surface area contributed by atoms with Gasteiger partial charge in [0.25, 0.3) is 0 Å². The molecule has 0 amide bonds. The molecule has 0 aromatic heterocycles. The number of thioether (sulfide) groups is 1. The highest BCUT2D eigenvalue weighted by Crippen LogP contribution is 2.28. The van der Waals surface area contributed by atoms with E-state index in [0.29, 0.717) is 6.42 Å². The van der Waals surface area contributed by atoms with E-state index in [1.807, 2.05) is 19.4 Å². The number of carbonyl (C=O) groups is 1. The summed E-state index contributed by atoms with van der Waals surface area (Å²) in [4.78, 5) is 13.7. The second-order valence-corrected chi connectivity index (χ2v) is 5.27. The molecule has 0 aliphatic heterocycles. The van der Waals surface area contributed by atoms with Crippen molar-refractivity contribution in [3.05, 3.63) is 23.8 Å². The fourth-order valence-corrected chi connectivity index (χ4v) is 2.42. The Morgan fingerprint density at radius 1 is 1.47 bits per heavy atom. The molecule has 0 heterocycles. The summed E-state index contributed by atoms with van der Waals surface area (Å²) >= 11 is 1.66. The zero-order valence-electron chi connectivity index (χ0n) is 11.7. The summed E-state index contributed by atoms with van der Waals surface area (Å²) in [5.74, 6) is 0.156. The zero-order chi connectivity index (χ0) is 14.3. The summed E-state index contributed by atoms with van der Waals surface area (Å²) in [5, 5.41) is 8.60.